The number of ether oxygens (including phenoxy) is 1. The first-order chi connectivity index (χ1) is 10.3. The molecule has 0 unspecified atom stereocenters. The lowest BCUT2D eigenvalue weighted by Crippen LogP contribution is -2.39. The van der Waals surface area contributed by atoms with Crippen LogP contribution in [0.1, 0.15) is 12.0 Å². The van der Waals surface area contributed by atoms with Crippen LogP contribution >= 0.6 is 0 Å². The van der Waals surface area contributed by atoms with Crippen LogP contribution in [-0.4, -0.2) is 44.3 Å². The molecule has 0 atom stereocenters. The molecule has 0 N–H and O–H groups in total. The van der Waals surface area contributed by atoms with Crippen molar-refractivity contribution in [3.63, 3.8) is 0 Å². The summed E-state index contributed by atoms with van der Waals surface area (Å²) in [6.07, 6.45) is 0.100. The summed E-state index contributed by atoms with van der Waals surface area (Å²) in [6.45, 7) is -2.72. The van der Waals surface area contributed by atoms with Crippen LogP contribution < -0.4 is 4.74 Å². The number of alkyl halides is 2. The molecule has 0 saturated carbocycles. The fourth-order valence-corrected chi connectivity index (χ4v) is 2.79. The molecule has 0 aliphatic carbocycles. The monoisotopic (exact) mass is 333 g/mol. The van der Waals surface area contributed by atoms with Crippen LogP contribution in [0, 0.1) is 11.3 Å². The summed E-state index contributed by atoms with van der Waals surface area (Å²) in [6, 6.07) is 7.60. The Hall–Kier alpha value is -1.76. The quantitative estimate of drug-likeness (QED) is 0.727. The molecular formula is C13H17F2N3O3S. The number of rotatable bonds is 8. The summed E-state index contributed by atoms with van der Waals surface area (Å²) in [7, 11) is -0.878. The molecule has 0 aromatic heterocycles. The van der Waals surface area contributed by atoms with E-state index in [1.807, 2.05) is 6.07 Å². The summed E-state index contributed by atoms with van der Waals surface area (Å²) in [5, 5.41) is 8.49. The second-order valence-electron chi connectivity index (χ2n) is 4.52. The molecule has 0 amide bonds. The van der Waals surface area contributed by atoms with Crippen molar-refractivity contribution >= 4 is 10.2 Å². The van der Waals surface area contributed by atoms with Crippen molar-refractivity contribution in [2.24, 2.45) is 0 Å². The lowest BCUT2D eigenvalue weighted by Gasteiger charge is -2.23. The highest BCUT2D eigenvalue weighted by molar-refractivity contribution is 7.86. The van der Waals surface area contributed by atoms with E-state index in [9.17, 15) is 17.2 Å². The molecular weight excluding hydrogens is 316 g/mol. The van der Waals surface area contributed by atoms with Crippen molar-refractivity contribution in [1.82, 2.24) is 8.61 Å². The normalized spacial score (nSPS) is 11.9. The highest BCUT2D eigenvalue weighted by Crippen LogP contribution is 2.17. The van der Waals surface area contributed by atoms with Gasteiger partial charge in [0.2, 0.25) is 0 Å². The van der Waals surface area contributed by atoms with E-state index in [0.717, 1.165) is 8.61 Å². The number of benzene rings is 1. The molecule has 0 aliphatic rings. The Morgan fingerprint density at radius 3 is 2.32 bits per heavy atom. The Kier molecular flexibility index (Phi) is 6.67. The fourth-order valence-electron chi connectivity index (χ4n) is 1.68. The first kappa shape index (κ1) is 18.3. The van der Waals surface area contributed by atoms with Crippen LogP contribution in [0.15, 0.2) is 24.3 Å². The van der Waals surface area contributed by atoms with E-state index in [1.165, 1.54) is 38.4 Å². The SMILES string of the molecule is CN(CCC#N)S(=O)(=O)N(C)Cc1ccc(OC(F)F)cc1. The molecule has 0 radical (unpaired) electrons. The molecule has 0 aliphatic heterocycles. The van der Waals surface area contributed by atoms with Gasteiger partial charge in [-0.25, -0.2) is 0 Å². The molecule has 1 aromatic carbocycles. The van der Waals surface area contributed by atoms with Crippen molar-refractivity contribution < 1.29 is 21.9 Å². The molecule has 22 heavy (non-hydrogen) atoms. The number of nitriles is 1. The van der Waals surface area contributed by atoms with Gasteiger partial charge in [0.1, 0.15) is 5.75 Å². The molecule has 0 saturated heterocycles. The Balaban J connectivity index is 2.71. The van der Waals surface area contributed by atoms with Gasteiger partial charge in [-0.3, -0.25) is 0 Å². The second-order valence-corrected chi connectivity index (χ2v) is 6.66. The van der Waals surface area contributed by atoms with Crippen molar-refractivity contribution in [1.29, 1.82) is 5.26 Å². The third-order valence-corrected chi connectivity index (χ3v) is 4.77. The van der Waals surface area contributed by atoms with Crippen LogP contribution in [-0.2, 0) is 16.8 Å². The first-order valence-corrected chi connectivity index (χ1v) is 7.75. The zero-order valence-electron chi connectivity index (χ0n) is 12.2. The Morgan fingerprint density at radius 1 is 1.23 bits per heavy atom. The van der Waals surface area contributed by atoms with Crippen LogP contribution in [0.4, 0.5) is 8.78 Å². The third-order valence-electron chi connectivity index (χ3n) is 2.88. The number of hydrogen-bond acceptors (Lipinski definition) is 4. The molecule has 0 heterocycles. The predicted octanol–water partition coefficient (Wildman–Crippen LogP) is 1.81. The second kappa shape index (κ2) is 8.03. The Morgan fingerprint density at radius 2 is 1.82 bits per heavy atom. The van der Waals surface area contributed by atoms with Crippen LogP contribution in [0.25, 0.3) is 0 Å². The molecule has 9 heteroatoms. The predicted molar refractivity (Wildman–Crippen MR) is 76.3 cm³/mol. The molecule has 0 fully saturated rings. The zero-order valence-corrected chi connectivity index (χ0v) is 13.1. The Labute approximate surface area is 128 Å². The van der Waals surface area contributed by atoms with Crippen LogP contribution in [0.2, 0.25) is 0 Å². The summed E-state index contributed by atoms with van der Waals surface area (Å²) in [5.74, 6) is 0.00963. The van der Waals surface area contributed by atoms with Gasteiger partial charge in [-0.1, -0.05) is 12.1 Å². The lowest BCUT2D eigenvalue weighted by atomic mass is 10.2. The molecule has 122 valence electrons. The van der Waals surface area contributed by atoms with Crippen molar-refractivity contribution in [2.45, 2.75) is 19.6 Å². The summed E-state index contributed by atoms with van der Waals surface area (Å²) < 4.78 is 54.8. The van der Waals surface area contributed by atoms with Crippen molar-refractivity contribution in [3.8, 4) is 11.8 Å². The van der Waals surface area contributed by atoms with E-state index in [1.54, 1.807) is 0 Å². The zero-order chi connectivity index (χ0) is 16.8. The van der Waals surface area contributed by atoms with Gasteiger partial charge in [0.05, 0.1) is 6.07 Å². The molecule has 0 spiro atoms. The van der Waals surface area contributed by atoms with Gasteiger partial charge >= 0.3 is 6.61 Å². The van der Waals surface area contributed by atoms with Gasteiger partial charge in [-0.05, 0) is 17.7 Å². The van der Waals surface area contributed by atoms with E-state index < -0.39 is 16.8 Å². The molecule has 1 aromatic rings. The van der Waals surface area contributed by atoms with Gasteiger partial charge < -0.3 is 4.74 Å². The smallest absolute Gasteiger partial charge is 0.387 e. The fraction of sp³-hybridized carbons (Fsp3) is 0.462. The maximum absolute atomic E-state index is 12.2. The number of halogens is 2. The lowest BCUT2D eigenvalue weighted by molar-refractivity contribution is -0.0498. The van der Waals surface area contributed by atoms with E-state index in [2.05, 4.69) is 4.74 Å². The first-order valence-electron chi connectivity index (χ1n) is 6.35. The topological polar surface area (TPSA) is 73.6 Å². The highest BCUT2D eigenvalue weighted by Gasteiger charge is 2.23. The van der Waals surface area contributed by atoms with E-state index in [0.29, 0.717) is 5.56 Å². The highest BCUT2D eigenvalue weighted by atomic mass is 32.2. The minimum atomic E-state index is -3.67. The van der Waals surface area contributed by atoms with Crippen molar-refractivity contribution in [3.05, 3.63) is 29.8 Å². The van der Waals surface area contributed by atoms with Gasteiger partial charge in [0.15, 0.2) is 0 Å². The maximum atomic E-state index is 12.2. The van der Waals surface area contributed by atoms with Crippen molar-refractivity contribution in [2.75, 3.05) is 20.6 Å². The molecule has 1 rings (SSSR count). The van der Waals surface area contributed by atoms with Gasteiger partial charge in [0, 0.05) is 33.6 Å². The third kappa shape index (κ3) is 5.22. The number of nitrogens with zero attached hydrogens (tertiary/aromatic N) is 3. The van der Waals surface area contributed by atoms with Gasteiger partial charge in [0.25, 0.3) is 10.2 Å². The minimum Gasteiger partial charge on any atom is -0.435 e. The van der Waals surface area contributed by atoms with Crippen LogP contribution in [0.5, 0.6) is 5.75 Å². The molecule has 6 nitrogen and oxygen atoms in total. The largest absolute Gasteiger partial charge is 0.435 e. The van der Waals surface area contributed by atoms with E-state index >= 15 is 0 Å². The van der Waals surface area contributed by atoms with Crippen LogP contribution in [0.3, 0.4) is 0 Å². The summed E-state index contributed by atoms with van der Waals surface area (Å²) in [4.78, 5) is 0. The maximum Gasteiger partial charge on any atom is 0.387 e. The van der Waals surface area contributed by atoms with Gasteiger partial charge in [-0.15, -0.1) is 0 Å². The summed E-state index contributed by atoms with van der Waals surface area (Å²) in [5.41, 5.74) is 0.626. The van der Waals surface area contributed by atoms with E-state index in [4.69, 9.17) is 5.26 Å². The standard InChI is InChI=1S/C13H17F2N3O3S/c1-17(9-3-8-16)22(19,20)18(2)10-11-4-6-12(7-5-11)21-13(14)15/h4-7,13H,3,9-10H2,1-2H3. The van der Waals surface area contributed by atoms with Gasteiger partial charge in [-0.2, -0.15) is 31.1 Å². The van der Waals surface area contributed by atoms with E-state index in [-0.39, 0.29) is 25.3 Å². The summed E-state index contributed by atoms with van der Waals surface area (Å²) >= 11 is 0. The molecule has 0 bridgehead atoms. The average Bonchev–Trinajstić information content (AvgIpc) is 2.46. The number of hydrogen-bond donors (Lipinski definition) is 0. The Bertz CT molecular complexity index is 614. The minimum absolute atomic E-state index is 0.00963. The average molecular weight is 333 g/mol.